The molecule has 0 unspecified atom stereocenters. The van der Waals surface area contributed by atoms with Gasteiger partial charge in [0.2, 0.25) is 0 Å². The Morgan fingerprint density at radius 1 is 0.218 bits per heavy atom. The second-order valence-corrected chi connectivity index (χ2v) is 22.7. The van der Waals surface area contributed by atoms with Crippen molar-refractivity contribution in [2.24, 2.45) is 0 Å². The van der Waals surface area contributed by atoms with E-state index >= 15 is 0 Å². The normalized spacial score (nSPS) is 15.0. The third-order valence-electron chi connectivity index (χ3n) is 13.2. The van der Waals surface area contributed by atoms with Gasteiger partial charge in [0.05, 0.1) is 54.3 Å². The van der Waals surface area contributed by atoms with E-state index in [0.717, 1.165) is 36.4 Å². The largest absolute Gasteiger partial charge is 0.416 e. The van der Waals surface area contributed by atoms with Gasteiger partial charge in [-0.1, -0.05) is 36.4 Å². The Morgan fingerprint density at radius 3 is 0.563 bits per heavy atom. The first kappa shape index (κ1) is 63.4. The molecule has 0 bridgehead atoms. The number of sulfonamides is 2. The smallest absolute Gasteiger partial charge is 0.206 e. The van der Waals surface area contributed by atoms with Crippen molar-refractivity contribution < 1.29 is 122 Å². The molecule has 0 aromatic heterocycles. The van der Waals surface area contributed by atoms with Crippen molar-refractivity contribution in [2.45, 2.75) is 59.2 Å². The monoisotopic (exact) mass is 1300 g/mol. The second-order valence-electron chi connectivity index (χ2n) is 19.2. The Bertz CT molecular complexity index is 3750. The first-order valence-electron chi connectivity index (χ1n) is 23.6. The molecule has 1 N–H and O–H groups in total. The zero-order chi connectivity index (χ0) is 64.5. The van der Waals surface area contributed by atoms with Crippen molar-refractivity contribution in [3.05, 3.63) is 190 Å². The minimum atomic E-state index is -5.83. The molecule has 0 saturated carbocycles. The molecule has 31 heteroatoms. The van der Waals surface area contributed by atoms with Crippen LogP contribution in [0.4, 0.5) is 105 Å². The average Bonchev–Trinajstić information content (AvgIpc) is 1.65. The fourth-order valence-electron chi connectivity index (χ4n) is 9.48. The summed E-state index contributed by atoms with van der Waals surface area (Å²) in [4.78, 5) is -2.48. The number of fused-ring (bicyclic) bond motifs is 3. The van der Waals surface area contributed by atoms with E-state index in [0.29, 0.717) is 36.4 Å². The zero-order valence-electron chi connectivity index (χ0n) is 41.9. The maximum atomic E-state index is 14.7. The van der Waals surface area contributed by atoms with Crippen molar-refractivity contribution in [1.82, 2.24) is 4.13 Å². The summed E-state index contributed by atoms with van der Waals surface area (Å²) in [6.07, 6.45) is -44.7. The highest BCUT2D eigenvalue weighted by Crippen LogP contribution is 2.50. The van der Waals surface area contributed by atoms with Crippen LogP contribution in [0.25, 0.3) is 77.9 Å². The molecule has 87 heavy (non-hydrogen) atoms. The number of hydrogen-bond donors (Lipinski definition) is 1. The lowest BCUT2D eigenvalue weighted by Gasteiger charge is -2.19. The van der Waals surface area contributed by atoms with Crippen LogP contribution in [0.3, 0.4) is 0 Å². The van der Waals surface area contributed by atoms with E-state index in [2.05, 4.69) is 0 Å². The number of benzene rings is 8. The lowest BCUT2D eigenvalue weighted by Crippen LogP contribution is -2.30. The van der Waals surface area contributed by atoms with Crippen molar-refractivity contribution >= 4 is 20.0 Å². The molecule has 0 atom stereocenters. The molecule has 8 aromatic carbocycles. The quantitative estimate of drug-likeness (QED) is 0.168. The number of halogens is 24. The van der Waals surface area contributed by atoms with Crippen LogP contribution in [0.5, 0.6) is 0 Å². The van der Waals surface area contributed by atoms with Gasteiger partial charge < -0.3 is 0 Å². The average molecular weight is 1300 g/mol. The molecular weight excluding hydrogens is 1270 g/mol. The Balaban J connectivity index is 1.37. The maximum Gasteiger partial charge on any atom is 0.416 e. The summed E-state index contributed by atoms with van der Waals surface area (Å²) in [7, 11) is -11.7. The van der Waals surface area contributed by atoms with Crippen LogP contribution in [-0.2, 0) is 69.5 Å². The van der Waals surface area contributed by atoms with Gasteiger partial charge in [-0.25, -0.2) is 16.8 Å². The van der Waals surface area contributed by atoms with E-state index in [1.165, 1.54) is 4.13 Å². The number of hydrogen-bond acceptors (Lipinski definition) is 4. The van der Waals surface area contributed by atoms with Gasteiger partial charge in [0, 0.05) is 22.3 Å². The SMILES string of the molecule is O=S1(=O)NS(=O)(=O)c2c(-c3cc(-c4cc(C(F)(F)F)cc(C(F)(F)F)c4)cc(-c4cc(C(F)(F)F)cc(C(F)(F)F)c4)c3)cccc2-c2cccc(-c3cc(-c4cc(C(F)(F)F)cc(C(F)(F)F)c4)cc(-c4cc(C(F)(F)F)cc(C(F)(F)F)c4)c3)c21. The minimum absolute atomic E-state index is 0.0878. The maximum absolute atomic E-state index is 14.7. The van der Waals surface area contributed by atoms with Crippen LogP contribution in [0.2, 0.25) is 0 Å². The first-order chi connectivity index (χ1) is 39.6. The second kappa shape index (κ2) is 20.8. The number of rotatable bonds is 6. The minimum Gasteiger partial charge on any atom is -0.206 e. The number of nitrogens with one attached hydrogen (secondary N) is 1. The molecular formula is C56H25F24NO4S2. The lowest BCUT2D eigenvalue weighted by atomic mass is 9.89. The van der Waals surface area contributed by atoms with Gasteiger partial charge in [-0.05, 0) is 165 Å². The first-order valence-corrected chi connectivity index (χ1v) is 26.6. The summed E-state index contributed by atoms with van der Waals surface area (Å²) in [5, 5.41) is 0. The molecule has 1 aliphatic rings. The fraction of sp³-hybridized carbons (Fsp3) is 0.143. The highest BCUT2D eigenvalue weighted by atomic mass is 32.3. The predicted octanol–water partition coefficient (Wildman–Crippen LogP) is 19.5. The van der Waals surface area contributed by atoms with Gasteiger partial charge in [0.1, 0.15) is 0 Å². The molecule has 458 valence electrons. The third kappa shape index (κ3) is 13.0. The summed E-state index contributed by atoms with van der Waals surface area (Å²) >= 11 is 0. The van der Waals surface area contributed by atoms with Gasteiger partial charge in [-0.3, -0.25) is 0 Å². The van der Waals surface area contributed by atoms with Crippen LogP contribution in [0.15, 0.2) is 155 Å². The molecule has 0 saturated heterocycles. The van der Waals surface area contributed by atoms with E-state index in [4.69, 9.17) is 0 Å². The van der Waals surface area contributed by atoms with E-state index in [1.807, 2.05) is 0 Å². The Morgan fingerprint density at radius 2 is 0.379 bits per heavy atom. The Kier molecular flexibility index (Phi) is 15.2. The van der Waals surface area contributed by atoms with E-state index < -0.39 is 202 Å². The Labute approximate surface area is 472 Å². The molecule has 0 radical (unpaired) electrons. The number of alkyl halides is 24. The standard InChI is InChI=1S/C56H25F24NO4S2/c57-49(58,59)35-13-29(14-36(21-35)50(60,61)62)25-7-26(30-15-37(51(63,64)65)22-38(16-30)52(66,67)68)10-33(9-25)43-3-1-5-45-46-6-2-4-44(48(46)87(84,85)81-86(82,83)47(43)45)34-11-27(31-17-39(53(69,70)71)23-40(18-31)54(72,73)74)8-28(12-34)32-19-41(55(75,76)77)24-42(20-32)56(78,79)80/h1-24,81H. The van der Waals surface area contributed by atoms with Gasteiger partial charge in [-0.2, -0.15) is 105 Å². The molecule has 0 aliphatic carbocycles. The predicted molar refractivity (Wildman–Crippen MR) is 262 cm³/mol. The van der Waals surface area contributed by atoms with Crippen LogP contribution in [0, 0.1) is 0 Å². The van der Waals surface area contributed by atoms with Gasteiger partial charge in [-0.15, -0.1) is 4.13 Å². The molecule has 0 amide bonds. The fourth-order valence-corrected chi connectivity index (χ4v) is 13.2. The third-order valence-corrected chi connectivity index (χ3v) is 17.0. The summed E-state index contributed by atoms with van der Waals surface area (Å²) in [5.41, 5.74) is -28.9. The molecule has 0 fully saturated rings. The molecule has 5 nitrogen and oxygen atoms in total. The van der Waals surface area contributed by atoms with Gasteiger partial charge in [0.25, 0.3) is 20.0 Å². The summed E-state index contributed by atoms with van der Waals surface area (Å²) in [6.45, 7) is 0. The van der Waals surface area contributed by atoms with E-state index in [1.54, 1.807) is 0 Å². The van der Waals surface area contributed by atoms with Gasteiger partial charge >= 0.3 is 49.4 Å². The van der Waals surface area contributed by atoms with Crippen molar-refractivity contribution in [1.29, 1.82) is 0 Å². The highest BCUT2D eigenvalue weighted by Gasteiger charge is 2.43. The van der Waals surface area contributed by atoms with Crippen LogP contribution >= 0.6 is 0 Å². The topological polar surface area (TPSA) is 80.3 Å². The molecule has 9 rings (SSSR count). The molecule has 1 heterocycles. The summed E-state index contributed by atoms with van der Waals surface area (Å²) in [5.74, 6) is 0. The van der Waals surface area contributed by atoms with E-state index in [-0.39, 0.29) is 72.8 Å². The van der Waals surface area contributed by atoms with E-state index in [9.17, 15) is 122 Å². The molecule has 8 aromatic rings. The van der Waals surface area contributed by atoms with Crippen molar-refractivity contribution in [2.75, 3.05) is 0 Å². The molecule has 1 aliphatic heterocycles. The molecule has 0 spiro atoms. The zero-order valence-corrected chi connectivity index (χ0v) is 43.5. The summed E-state index contributed by atoms with van der Waals surface area (Å²) in [6, 6.07) is 7.95. The van der Waals surface area contributed by atoms with Crippen LogP contribution in [0.1, 0.15) is 44.5 Å². The van der Waals surface area contributed by atoms with Crippen molar-refractivity contribution in [3.63, 3.8) is 0 Å². The van der Waals surface area contributed by atoms with Gasteiger partial charge in [0.15, 0.2) is 0 Å². The van der Waals surface area contributed by atoms with Crippen molar-refractivity contribution in [3.8, 4) is 77.9 Å². The Hall–Kier alpha value is -8.06. The van der Waals surface area contributed by atoms with Crippen LogP contribution in [-0.4, -0.2) is 16.8 Å². The lowest BCUT2D eigenvalue weighted by molar-refractivity contribution is -0.144. The highest BCUT2D eigenvalue weighted by molar-refractivity contribution is 8.05. The summed E-state index contributed by atoms with van der Waals surface area (Å²) < 4.78 is 402. The van der Waals surface area contributed by atoms with Crippen LogP contribution < -0.4 is 4.13 Å².